The Morgan fingerprint density at radius 2 is 1.86 bits per heavy atom. The molecule has 5 heteroatoms. The fraction of sp³-hybridized carbons (Fsp3) is 0.0625. The lowest BCUT2D eigenvalue weighted by molar-refractivity contribution is 0.0691. The van der Waals surface area contributed by atoms with Crippen molar-refractivity contribution in [1.82, 2.24) is 4.98 Å². The normalized spacial score (nSPS) is 10.8. The van der Waals surface area contributed by atoms with Crippen molar-refractivity contribution in [3.63, 3.8) is 0 Å². The van der Waals surface area contributed by atoms with Crippen molar-refractivity contribution in [1.29, 1.82) is 0 Å². The highest BCUT2D eigenvalue weighted by Gasteiger charge is 2.13. The van der Waals surface area contributed by atoms with Crippen LogP contribution in [0.15, 0.2) is 42.5 Å². The van der Waals surface area contributed by atoms with Crippen molar-refractivity contribution in [2.24, 2.45) is 0 Å². The van der Waals surface area contributed by atoms with Crippen LogP contribution in [0, 0.1) is 5.82 Å². The van der Waals surface area contributed by atoms with E-state index in [0.717, 1.165) is 11.1 Å². The van der Waals surface area contributed by atoms with Crippen LogP contribution >= 0.6 is 0 Å². The summed E-state index contributed by atoms with van der Waals surface area (Å²) in [7, 11) is 1.52. The third kappa shape index (κ3) is 2.33. The minimum atomic E-state index is -1.03. The van der Waals surface area contributed by atoms with Crippen LogP contribution in [0.1, 0.15) is 10.5 Å². The van der Waals surface area contributed by atoms with E-state index in [1.807, 2.05) is 6.07 Å². The minimum Gasteiger partial charge on any atom is -0.496 e. The van der Waals surface area contributed by atoms with Gasteiger partial charge in [-0.1, -0.05) is 12.1 Å². The molecule has 3 rings (SSSR count). The van der Waals surface area contributed by atoms with E-state index in [9.17, 15) is 9.18 Å². The zero-order valence-corrected chi connectivity index (χ0v) is 11.2. The summed E-state index contributed by atoms with van der Waals surface area (Å²) in [5, 5.41) is 9.75. The smallest absolute Gasteiger partial charge is 0.352 e. The molecule has 0 saturated carbocycles. The van der Waals surface area contributed by atoms with Gasteiger partial charge in [-0.3, -0.25) is 0 Å². The van der Waals surface area contributed by atoms with Crippen LogP contribution in [-0.2, 0) is 0 Å². The van der Waals surface area contributed by atoms with Crippen LogP contribution in [0.3, 0.4) is 0 Å². The summed E-state index contributed by atoms with van der Waals surface area (Å²) in [5.41, 5.74) is 2.40. The fourth-order valence-electron chi connectivity index (χ4n) is 2.30. The van der Waals surface area contributed by atoms with Crippen LogP contribution in [0.4, 0.5) is 4.39 Å². The molecule has 106 valence electrons. The van der Waals surface area contributed by atoms with Crippen molar-refractivity contribution in [3.8, 4) is 16.9 Å². The third-order valence-corrected chi connectivity index (χ3v) is 3.33. The predicted octanol–water partition coefficient (Wildman–Crippen LogP) is 3.68. The maximum atomic E-state index is 13.0. The first-order chi connectivity index (χ1) is 10.1. The van der Waals surface area contributed by atoms with Crippen molar-refractivity contribution >= 4 is 16.9 Å². The number of H-pyrrole nitrogens is 1. The van der Waals surface area contributed by atoms with Crippen LogP contribution in [0.5, 0.6) is 5.75 Å². The Labute approximate surface area is 119 Å². The quantitative estimate of drug-likeness (QED) is 0.771. The number of rotatable bonds is 3. The molecule has 4 nitrogen and oxygen atoms in total. The summed E-state index contributed by atoms with van der Waals surface area (Å²) in [6.45, 7) is 0. The molecule has 1 aromatic heterocycles. The summed E-state index contributed by atoms with van der Waals surface area (Å²) in [4.78, 5) is 13.9. The second-order valence-corrected chi connectivity index (χ2v) is 4.63. The molecule has 0 radical (unpaired) electrons. The number of hydrogen-bond acceptors (Lipinski definition) is 2. The molecular weight excluding hydrogens is 273 g/mol. The fourth-order valence-corrected chi connectivity index (χ4v) is 2.30. The molecule has 0 atom stereocenters. The first kappa shape index (κ1) is 13.2. The molecule has 0 amide bonds. The third-order valence-electron chi connectivity index (χ3n) is 3.33. The van der Waals surface area contributed by atoms with Crippen LogP contribution in [-0.4, -0.2) is 23.2 Å². The minimum absolute atomic E-state index is 0.0968. The van der Waals surface area contributed by atoms with Crippen molar-refractivity contribution < 1.29 is 19.0 Å². The van der Waals surface area contributed by atoms with Gasteiger partial charge in [-0.2, -0.15) is 0 Å². The molecule has 21 heavy (non-hydrogen) atoms. The number of aromatic amines is 1. The number of aromatic nitrogens is 1. The molecule has 1 heterocycles. The molecule has 0 saturated heterocycles. The molecule has 0 aliphatic rings. The monoisotopic (exact) mass is 285 g/mol. The van der Waals surface area contributed by atoms with E-state index < -0.39 is 5.97 Å². The number of nitrogens with one attached hydrogen (secondary N) is 1. The Bertz CT molecular complexity index is 821. The number of fused-ring (bicyclic) bond motifs is 1. The van der Waals surface area contributed by atoms with Gasteiger partial charge < -0.3 is 14.8 Å². The second-order valence-electron chi connectivity index (χ2n) is 4.63. The summed E-state index contributed by atoms with van der Waals surface area (Å²) < 4.78 is 18.3. The van der Waals surface area contributed by atoms with E-state index in [2.05, 4.69) is 4.98 Å². The first-order valence-corrected chi connectivity index (χ1v) is 6.28. The first-order valence-electron chi connectivity index (χ1n) is 6.28. The standard InChI is InChI=1S/C16H12FNO3/c1-21-15-7-10(9-2-4-11(17)5-3-9)6-13-12(15)8-14(18-13)16(19)20/h2-8,18H,1H3,(H,19,20). The molecule has 0 aliphatic heterocycles. The Morgan fingerprint density at radius 3 is 2.48 bits per heavy atom. The Hall–Kier alpha value is -2.82. The zero-order chi connectivity index (χ0) is 15.0. The van der Waals surface area contributed by atoms with E-state index in [1.165, 1.54) is 25.3 Å². The number of aromatic carboxylic acids is 1. The highest BCUT2D eigenvalue weighted by atomic mass is 19.1. The molecule has 2 aromatic carbocycles. The maximum absolute atomic E-state index is 13.0. The van der Waals surface area contributed by atoms with Gasteiger partial charge in [-0.05, 0) is 41.5 Å². The van der Waals surface area contributed by atoms with Crippen LogP contribution in [0.2, 0.25) is 0 Å². The number of halogens is 1. The number of ether oxygens (including phenoxy) is 1. The number of carbonyl (C=O) groups is 1. The average Bonchev–Trinajstić information content (AvgIpc) is 2.91. The number of benzene rings is 2. The molecular formula is C16H12FNO3. The number of hydrogen-bond donors (Lipinski definition) is 2. The van der Waals surface area contributed by atoms with Crippen LogP contribution in [0.25, 0.3) is 22.0 Å². The highest BCUT2D eigenvalue weighted by molar-refractivity contribution is 5.98. The highest BCUT2D eigenvalue weighted by Crippen LogP contribution is 2.33. The number of methoxy groups -OCH3 is 1. The second kappa shape index (κ2) is 4.94. The van der Waals surface area contributed by atoms with E-state index in [1.54, 1.807) is 18.2 Å². The Kier molecular flexibility index (Phi) is 3.10. The van der Waals surface area contributed by atoms with Crippen molar-refractivity contribution in [2.45, 2.75) is 0 Å². The summed E-state index contributed by atoms with van der Waals surface area (Å²) in [5.74, 6) is -0.771. The van der Waals surface area contributed by atoms with Gasteiger partial charge in [0.15, 0.2) is 0 Å². The van der Waals surface area contributed by atoms with Gasteiger partial charge in [0.25, 0.3) is 0 Å². The van der Waals surface area contributed by atoms with Gasteiger partial charge in [-0.25, -0.2) is 9.18 Å². The van der Waals surface area contributed by atoms with Gasteiger partial charge in [-0.15, -0.1) is 0 Å². The van der Waals surface area contributed by atoms with Gasteiger partial charge in [0.1, 0.15) is 17.3 Å². The summed E-state index contributed by atoms with van der Waals surface area (Å²) in [6, 6.07) is 11.2. The summed E-state index contributed by atoms with van der Waals surface area (Å²) >= 11 is 0. The molecule has 0 unspecified atom stereocenters. The van der Waals surface area contributed by atoms with E-state index >= 15 is 0 Å². The molecule has 0 fully saturated rings. The predicted molar refractivity (Wildman–Crippen MR) is 77.2 cm³/mol. The Morgan fingerprint density at radius 1 is 1.14 bits per heavy atom. The molecule has 0 spiro atoms. The van der Waals surface area contributed by atoms with Gasteiger partial charge in [0.05, 0.1) is 12.6 Å². The van der Waals surface area contributed by atoms with Gasteiger partial charge in [0, 0.05) is 5.39 Å². The van der Waals surface area contributed by atoms with E-state index in [0.29, 0.717) is 16.7 Å². The lowest BCUT2D eigenvalue weighted by Gasteiger charge is -2.07. The van der Waals surface area contributed by atoms with Crippen LogP contribution < -0.4 is 4.74 Å². The number of carboxylic acid groups (broad SMARTS) is 1. The van der Waals surface area contributed by atoms with Crippen molar-refractivity contribution in [3.05, 3.63) is 54.0 Å². The molecule has 0 aliphatic carbocycles. The molecule has 3 aromatic rings. The van der Waals surface area contributed by atoms with Crippen molar-refractivity contribution in [2.75, 3.05) is 7.11 Å². The van der Waals surface area contributed by atoms with E-state index in [-0.39, 0.29) is 11.5 Å². The van der Waals surface area contributed by atoms with E-state index in [4.69, 9.17) is 9.84 Å². The lowest BCUT2D eigenvalue weighted by Crippen LogP contribution is -1.94. The molecule has 0 bridgehead atoms. The average molecular weight is 285 g/mol. The van der Waals surface area contributed by atoms with Gasteiger partial charge in [0.2, 0.25) is 0 Å². The lowest BCUT2D eigenvalue weighted by atomic mass is 10.0. The SMILES string of the molecule is COc1cc(-c2ccc(F)cc2)cc2[nH]c(C(=O)O)cc12. The molecule has 2 N–H and O–H groups in total. The largest absolute Gasteiger partial charge is 0.496 e. The zero-order valence-electron chi connectivity index (χ0n) is 11.2. The number of carboxylic acids is 1. The topological polar surface area (TPSA) is 62.3 Å². The maximum Gasteiger partial charge on any atom is 0.352 e. The van der Waals surface area contributed by atoms with Gasteiger partial charge >= 0.3 is 5.97 Å². The Balaban J connectivity index is 2.20. The summed E-state index contributed by atoms with van der Waals surface area (Å²) in [6.07, 6.45) is 0.